The molecule has 1 nitrogen and oxygen atoms in total. The first-order valence-corrected chi connectivity index (χ1v) is 7.22. The minimum Gasteiger partial charge on any atom is -0.309 e. The number of hydrogen-bond donors (Lipinski definition) is 1. The van der Waals surface area contributed by atoms with Crippen LogP contribution in [0.1, 0.15) is 24.9 Å². The summed E-state index contributed by atoms with van der Waals surface area (Å²) in [6.45, 7) is 3.45. The second-order valence-corrected chi connectivity index (χ2v) is 6.31. The van der Waals surface area contributed by atoms with Crippen LogP contribution >= 0.6 is 27.7 Å². The summed E-state index contributed by atoms with van der Waals surface area (Å²) in [7, 11) is 0. The third kappa shape index (κ3) is 2.99. The van der Waals surface area contributed by atoms with Crippen molar-refractivity contribution in [3.63, 3.8) is 0 Å². The van der Waals surface area contributed by atoms with E-state index in [1.165, 1.54) is 17.7 Å². The number of thioether (sulfide) groups is 1. The van der Waals surface area contributed by atoms with E-state index < -0.39 is 0 Å². The molecule has 1 aromatic carbocycles. The highest BCUT2D eigenvalue weighted by atomic mass is 79.9. The van der Waals surface area contributed by atoms with Crippen molar-refractivity contribution in [1.82, 2.24) is 5.32 Å². The average molecular weight is 286 g/mol. The van der Waals surface area contributed by atoms with Crippen molar-refractivity contribution < 1.29 is 0 Å². The second-order valence-electron chi connectivity index (χ2n) is 3.91. The van der Waals surface area contributed by atoms with Gasteiger partial charge in [-0.25, -0.2) is 0 Å². The fraction of sp³-hybridized carbons (Fsp3) is 0.500. The van der Waals surface area contributed by atoms with E-state index in [-0.39, 0.29) is 0 Å². The van der Waals surface area contributed by atoms with Crippen LogP contribution in [0.3, 0.4) is 0 Å². The van der Waals surface area contributed by atoms with Crippen molar-refractivity contribution in [2.75, 3.05) is 12.3 Å². The standard InChI is InChI=1S/C12H16BrNS/c1-9-12(14-7-2-8-15-9)10-3-5-11(13)6-4-10/h3-6,9,12,14H,2,7-8H2,1H3. The van der Waals surface area contributed by atoms with Crippen LogP contribution < -0.4 is 5.32 Å². The molecule has 1 fully saturated rings. The first kappa shape index (κ1) is 11.5. The molecule has 3 heteroatoms. The Morgan fingerprint density at radius 1 is 1.33 bits per heavy atom. The number of halogens is 1. The Bertz CT molecular complexity index is 312. The van der Waals surface area contributed by atoms with Crippen molar-refractivity contribution >= 4 is 27.7 Å². The van der Waals surface area contributed by atoms with Gasteiger partial charge in [-0.05, 0) is 36.4 Å². The largest absolute Gasteiger partial charge is 0.309 e. The van der Waals surface area contributed by atoms with Crippen LogP contribution in [0.25, 0.3) is 0 Å². The topological polar surface area (TPSA) is 12.0 Å². The number of nitrogens with one attached hydrogen (secondary N) is 1. The quantitative estimate of drug-likeness (QED) is 0.846. The van der Waals surface area contributed by atoms with Gasteiger partial charge < -0.3 is 5.32 Å². The summed E-state index contributed by atoms with van der Waals surface area (Å²) in [6, 6.07) is 9.18. The lowest BCUT2D eigenvalue weighted by atomic mass is 10.0. The Morgan fingerprint density at radius 3 is 2.80 bits per heavy atom. The van der Waals surface area contributed by atoms with Crippen LogP contribution in [0.15, 0.2) is 28.7 Å². The predicted octanol–water partition coefficient (Wildman–Crippen LogP) is 3.61. The summed E-state index contributed by atoms with van der Waals surface area (Å²) in [5.41, 5.74) is 1.40. The van der Waals surface area contributed by atoms with E-state index in [1.54, 1.807) is 0 Å². The third-order valence-corrected chi connectivity index (χ3v) is 4.62. The van der Waals surface area contributed by atoms with Gasteiger partial charge in [0.05, 0.1) is 0 Å². The molecule has 0 aromatic heterocycles. The Labute approximate surface area is 104 Å². The highest BCUT2D eigenvalue weighted by Crippen LogP contribution is 2.29. The minimum atomic E-state index is 0.505. The van der Waals surface area contributed by atoms with Crippen molar-refractivity contribution in [2.24, 2.45) is 0 Å². The maximum absolute atomic E-state index is 3.63. The van der Waals surface area contributed by atoms with Crippen LogP contribution in [0, 0.1) is 0 Å². The van der Waals surface area contributed by atoms with Crippen molar-refractivity contribution in [3.05, 3.63) is 34.3 Å². The van der Waals surface area contributed by atoms with E-state index in [4.69, 9.17) is 0 Å². The molecule has 0 aliphatic carbocycles. The molecule has 2 rings (SSSR count). The molecule has 0 spiro atoms. The first-order chi connectivity index (χ1) is 7.27. The van der Waals surface area contributed by atoms with E-state index >= 15 is 0 Å². The molecule has 0 saturated carbocycles. The molecule has 2 atom stereocenters. The van der Waals surface area contributed by atoms with Crippen LogP contribution in [-0.4, -0.2) is 17.5 Å². The molecule has 0 radical (unpaired) electrons. The van der Waals surface area contributed by atoms with Crippen LogP contribution in [-0.2, 0) is 0 Å². The maximum Gasteiger partial charge on any atom is 0.0437 e. The van der Waals surface area contributed by atoms with Gasteiger partial charge in [0.25, 0.3) is 0 Å². The van der Waals surface area contributed by atoms with Crippen LogP contribution in [0.2, 0.25) is 0 Å². The van der Waals surface area contributed by atoms with Crippen molar-refractivity contribution in [2.45, 2.75) is 24.6 Å². The maximum atomic E-state index is 3.63. The molecule has 0 bridgehead atoms. The van der Waals surface area contributed by atoms with Gasteiger partial charge in [-0.3, -0.25) is 0 Å². The zero-order chi connectivity index (χ0) is 10.7. The van der Waals surface area contributed by atoms with Gasteiger partial charge in [0.15, 0.2) is 0 Å². The van der Waals surface area contributed by atoms with Crippen molar-refractivity contribution in [3.8, 4) is 0 Å². The molecule has 2 unspecified atom stereocenters. The lowest BCUT2D eigenvalue weighted by Crippen LogP contribution is -2.27. The van der Waals surface area contributed by atoms with Gasteiger partial charge in [0.1, 0.15) is 0 Å². The number of benzene rings is 1. The summed E-state index contributed by atoms with van der Waals surface area (Å²) in [5.74, 6) is 1.28. The van der Waals surface area contributed by atoms with Gasteiger partial charge in [0.2, 0.25) is 0 Å². The molecule has 1 N–H and O–H groups in total. The molecule has 15 heavy (non-hydrogen) atoms. The van der Waals surface area contributed by atoms with E-state index in [0.717, 1.165) is 11.0 Å². The second kappa shape index (κ2) is 5.37. The Kier molecular flexibility index (Phi) is 4.12. The lowest BCUT2D eigenvalue weighted by molar-refractivity contribution is 0.540. The Hall–Kier alpha value is 0.01000. The summed E-state index contributed by atoms with van der Waals surface area (Å²) in [6.07, 6.45) is 1.28. The van der Waals surface area contributed by atoms with Gasteiger partial charge in [-0.2, -0.15) is 11.8 Å². The van der Waals surface area contributed by atoms with Gasteiger partial charge in [-0.15, -0.1) is 0 Å². The van der Waals surface area contributed by atoms with E-state index in [2.05, 4.69) is 64.2 Å². The highest BCUT2D eigenvalue weighted by Gasteiger charge is 2.21. The molecular formula is C12H16BrNS. The molecule has 1 aromatic rings. The molecule has 1 aliphatic heterocycles. The monoisotopic (exact) mass is 285 g/mol. The highest BCUT2D eigenvalue weighted by molar-refractivity contribution is 9.10. The Balaban J connectivity index is 2.16. The normalized spacial score (nSPS) is 27.3. The molecule has 1 saturated heterocycles. The summed E-state index contributed by atoms with van der Waals surface area (Å²) < 4.78 is 1.15. The molecule has 82 valence electrons. The lowest BCUT2D eigenvalue weighted by Gasteiger charge is -2.22. The zero-order valence-electron chi connectivity index (χ0n) is 8.87. The van der Waals surface area contributed by atoms with Gasteiger partial charge in [-0.1, -0.05) is 35.0 Å². The smallest absolute Gasteiger partial charge is 0.0437 e. The molecule has 1 heterocycles. The van der Waals surface area contributed by atoms with E-state index in [0.29, 0.717) is 11.3 Å². The van der Waals surface area contributed by atoms with Crippen LogP contribution in [0.4, 0.5) is 0 Å². The first-order valence-electron chi connectivity index (χ1n) is 5.38. The van der Waals surface area contributed by atoms with Gasteiger partial charge >= 0.3 is 0 Å². The number of rotatable bonds is 1. The fourth-order valence-corrected chi connectivity index (χ4v) is 3.31. The SMILES string of the molecule is CC1SCCCNC1c1ccc(Br)cc1. The van der Waals surface area contributed by atoms with Crippen molar-refractivity contribution in [1.29, 1.82) is 0 Å². The molecule has 1 aliphatic rings. The molecular weight excluding hydrogens is 270 g/mol. The van der Waals surface area contributed by atoms with E-state index in [9.17, 15) is 0 Å². The molecule has 0 amide bonds. The predicted molar refractivity (Wildman–Crippen MR) is 71.4 cm³/mol. The summed E-state index contributed by atoms with van der Waals surface area (Å²) in [4.78, 5) is 0. The summed E-state index contributed by atoms with van der Waals surface area (Å²) >= 11 is 5.55. The zero-order valence-corrected chi connectivity index (χ0v) is 11.3. The minimum absolute atomic E-state index is 0.505. The summed E-state index contributed by atoms with van der Waals surface area (Å²) in [5, 5.41) is 4.29. The van der Waals surface area contributed by atoms with Crippen LogP contribution in [0.5, 0.6) is 0 Å². The van der Waals surface area contributed by atoms with Gasteiger partial charge in [0, 0.05) is 15.8 Å². The number of hydrogen-bond acceptors (Lipinski definition) is 2. The fourth-order valence-electron chi connectivity index (χ4n) is 1.92. The average Bonchev–Trinajstić information content (AvgIpc) is 2.44. The third-order valence-electron chi connectivity index (χ3n) is 2.76. The Morgan fingerprint density at radius 2 is 2.07 bits per heavy atom. The van der Waals surface area contributed by atoms with E-state index in [1.807, 2.05) is 0 Å².